The number of hydrogen-bond donors (Lipinski definition) is 1. The summed E-state index contributed by atoms with van der Waals surface area (Å²) in [5, 5.41) is 2.97. The highest BCUT2D eigenvalue weighted by molar-refractivity contribution is 5.94. The number of carbonyl (C=O) groups is 2. The predicted octanol–water partition coefficient (Wildman–Crippen LogP) is 2.20. The number of aryl methyl sites for hydroxylation is 2. The van der Waals surface area contributed by atoms with Crippen LogP contribution < -0.4 is 5.32 Å². The fraction of sp³-hybridized carbons (Fsp3) is 0.600. The van der Waals surface area contributed by atoms with Gasteiger partial charge in [0.1, 0.15) is 0 Å². The number of benzene rings is 1. The molecule has 1 aromatic rings. The summed E-state index contributed by atoms with van der Waals surface area (Å²) < 4.78 is 5.69. The lowest BCUT2D eigenvalue weighted by molar-refractivity contribution is -0.148. The average Bonchev–Trinajstić information content (AvgIpc) is 2.56. The van der Waals surface area contributed by atoms with E-state index in [4.69, 9.17) is 4.74 Å². The van der Waals surface area contributed by atoms with E-state index in [1.54, 1.807) is 11.9 Å². The van der Waals surface area contributed by atoms with Gasteiger partial charge in [-0.15, -0.1) is 0 Å². The molecule has 6 heteroatoms. The molecule has 144 valence electrons. The lowest BCUT2D eigenvalue weighted by atomic mass is 10.1. The normalized spacial score (nSPS) is 21.6. The van der Waals surface area contributed by atoms with Gasteiger partial charge in [0.15, 0.2) is 0 Å². The molecule has 0 aromatic heterocycles. The van der Waals surface area contributed by atoms with Crippen molar-refractivity contribution in [1.29, 1.82) is 0 Å². The van der Waals surface area contributed by atoms with Crippen LogP contribution in [0, 0.1) is 13.8 Å². The number of nitrogens with zero attached hydrogens (tertiary/aromatic N) is 2. The van der Waals surface area contributed by atoms with Gasteiger partial charge in [0.25, 0.3) is 0 Å². The smallest absolute Gasteiger partial charge is 0.239 e. The molecule has 3 atom stereocenters. The maximum absolute atomic E-state index is 12.8. The molecule has 1 N–H and O–H groups in total. The van der Waals surface area contributed by atoms with Gasteiger partial charge in [-0.2, -0.15) is 0 Å². The van der Waals surface area contributed by atoms with Gasteiger partial charge in [-0.25, -0.2) is 0 Å². The first-order chi connectivity index (χ1) is 12.2. The van der Waals surface area contributed by atoms with Crippen molar-refractivity contribution in [3.63, 3.8) is 0 Å². The molecule has 1 aliphatic heterocycles. The maximum Gasteiger partial charge on any atom is 0.239 e. The van der Waals surface area contributed by atoms with Crippen LogP contribution in [0.1, 0.15) is 31.9 Å². The van der Waals surface area contributed by atoms with Crippen molar-refractivity contribution in [1.82, 2.24) is 9.80 Å². The first-order valence-corrected chi connectivity index (χ1v) is 9.19. The molecule has 0 unspecified atom stereocenters. The van der Waals surface area contributed by atoms with Crippen LogP contribution in [0.25, 0.3) is 0 Å². The van der Waals surface area contributed by atoms with E-state index in [-0.39, 0.29) is 36.6 Å². The topological polar surface area (TPSA) is 61.9 Å². The Balaban J connectivity index is 1.94. The summed E-state index contributed by atoms with van der Waals surface area (Å²) in [6, 6.07) is 5.55. The SMILES string of the molecule is Cc1cccc(C)c1NC(=O)CN(C)[C@H](C)C(=O)N1C[C@@H](C)O[C@@H](C)C1. The van der Waals surface area contributed by atoms with Gasteiger partial charge in [-0.3, -0.25) is 14.5 Å². The van der Waals surface area contributed by atoms with E-state index in [0.717, 1.165) is 16.8 Å². The molecule has 1 heterocycles. The van der Waals surface area contributed by atoms with Gasteiger partial charge in [-0.05, 0) is 52.8 Å². The second-order valence-electron chi connectivity index (χ2n) is 7.41. The van der Waals surface area contributed by atoms with E-state index in [2.05, 4.69) is 5.32 Å². The van der Waals surface area contributed by atoms with Crippen LogP contribution in [0.15, 0.2) is 18.2 Å². The molecule has 0 radical (unpaired) electrons. The van der Waals surface area contributed by atoms with Crippen molar-refractivity contribution in [3.8, 4) is 0 Å². The van der Waals surface area contributed by atoms with E-state index >= 15 is 0 Å². The minimum atomic E-state index is -0.365. The first kappa shape index (κ1) is 20.4. The zero-order chi connectivity index (χ0) is 19.4. The Labute approximate surface area is 156 Å². The van der Waals surface area contributed by atoms with E-state index in [1.165, 1.54) is 0 Å². The molecule has 2 amide bonds. The third-order valence-corrected chi connectivity index (χ3v) is 4.89. The number of amides is 2. The van der Waals surface area contributed by atoms with Crippen LogP contribution in [0.3, 0.4) is 0 Å². The minimum Gasteiger partial charge on any atom is -0.372 e. The Morgan fingerprint density at radius 2 is 1.77 bits per heavy atom. The van der Waals surface area contributed by atoms with Crippen molar-refractivity contribution in [2.24, 2.45) is 0 Å². The van der Waals surface area contributed by atoms with Gasteiger partial charge in [0, 0.05) is 18.8 Å². The van der Waals surface area contributed by atoms with Gasteiger partial charge < -0.3 is 15.0 Å². The summed E-state index contributed by atoms with van der Waals surface area (Å²) in [5.41, 5.74) is 2.91. The molecule has 26 heavy (non-hydrogen) atoms. The van der Waals surface area contributed by atoms with Crippen LogP contribution in [-0.2, 0) is 14.3 Å². The molecule has 1 saturated heterocycles. The van der Waals surface area contributed by atoms with Gasteiger partial charge >= 0.3 is 0 Å². The molecule has 0 saturated carbocycles. The number of ether oxygens (including phenoxy) is 1. The highest BCUT2D eigenvalue weighted by atomic mass is 16.5. The number of anilines is 1. The summed E-state index contributed by atoms with van der Waals surface area (Å²) in [4.78, 5) is 28.8. The number of rotatable bonds is 5. The molecule has 1 fully saturated rings. The Morgan fingerprint density at radius 1 is 1.23 bits per heavy atom. The largest absolute Gasteiger partial charge is 0.372 e. The van der Waals surface area contributed by atoms with Crippen molar-refractivity contribution in [2.45, 2.75) is 52.9 Å². The van der Waals surface area contributed by atoms with Crippen molar-refractivity contribution in [2.75, 3.05) is 32.0 Å². The summed E-state index contributed by atoms with van der Waals surface area (Å²) in [7, 11) is 1.81. The second kappa shape index (κ2) is 8.64. The molecule has 0 aliphatic carbocycles. The third kappa shape index (κ3) is 5.05. The first-order valence-electron chi connectivity index (χ1n) is 9.19. The van der Waals surface area contributed by atoms with Gasteiger partial charge in [-0.1, -0.05) is 18.2 Å². The third-order valence-electron chi connectivity index (χ3n) is 4.89. The number of morpholine rings is 1. The molecule has 2 rings (SSSR count). The quantitative estimate of drug-likeness (QED) is 0.873. The van der Waals surface area contributed by atoms with E-state index < -0.39 is 0 Å². The summed E-state index contributed by atoms with van der Waals surface area (Å²) in [6.45, 7) is 11.1. The van der Waals surface area contributed by atoms with Gasteiger partial charge in [0.2, 0.25) is 11.8 Å². The molecule has 1 aliphatic rings. The molecule has 6 nitrogen and oxygen atoms in total. The zero-order valence-corrected chi connectivity index (χ0v) is 16.7. The van der Waals surface area contributed by atoms with Crippen molar-refractivity contribution in [3.05, 3.63) is 29.3 Å². The number of para-hydroxylation sites is 1. The number of likely N-dealkylation sites (N-methyl/N-ethyl adjacent to an activating group) is 1. The summed E-state index contributed by atoms with van der Waals surface area (Å²) in [6.07, 6.45) is 0.0695. The number of carbonyl (C=O) groups excluding carboxylic acids is 2. The van der Waals surface area contributed by atoms with Crippen molar-refractivity contribution >= 4 is 17.5 Å². The van der Waals surface area contributed by atoms with Crippen LogP contribution in [0.5, 0.6) is 0 Å². The van der Waals surface area contributed by atoms with Crippen LogP contribution in [0.2, 0.25) is 0 Å². The Hall–Kier alpha value is -1.92. The lowest BCUT2D eigenvalue weighted by Gasteiger charge is -2.38. The highest BCUT2D eigenvalue weighted by Gasteiger charge is 2.30. The molecule has 1 aromatic carbocycles. The maximum atomic E-state index is 12.8. The lowest BCUT2D eigenvalue weighted by Crippen LogP contribution is -2.54. The molecule has 0 spiro atoms. The van der Waals surface area contributed by atoms with Crippen LogP contribution in [0.4, 0.5) is 5.69 Å². The second-order valence-corrected chi connectivity index (χ2v) is 7.41. The number of hydrogen-bond acceptors (Lipinski definition) is 4. The van der Waals surface area contributed by atoms with E-state index in [9.17, 15) is 9.59 Å². The standard InChI is InChI=1S/C20H31N3O3/c1-13-8-7-9-14(2)19(13)21-18(24)12-22(6)17(5)20(25)23-10-15(3)26-16(4)11-23/h7-9,15-17H,10-12H2,1-6H3,(H,21,24)/t15-,16+,17-/m1/s1. The highest BCUT2D eigenvalue weighted by Crippen LogP contribution is 2.19. The van der Waals surface area contributed by atoms with E-state index in [1.807, 2.05) is 57.7 Å². The van der Waals surface area contributed by atoms with Gasteiger partial charge in [0.05, 0.1) is 24.8 Å². The Morgan fingerprint density at radius 3 is 2.31 bits per heavy atom. The molecular weight excluding hydrogens is 330 g/mol. The van der Waals surface area contributed by atoms with Crippen LogP contribution >= 0.6 is 0 Å². The van der Waals surface area contributed by atoms with E-state index in [0.29, 0.717) is 13.1 Å². The fourth-order valence-corrected chi connectivity index (χ4v) is 3.36. The number of nitrogens with one attached hydrogen (secondary N) is 1. The minimum absolute atomic E-state index is 0.0348. The Kier molecular flexibility index (Phi) is 6.78. The average molecular weight is 361 g/mol. The molecular formula is C20H31N3O3. The summed E-state index contributed by atoms with van der Waals surface area (Å²) >= 11 is 0. The summed E-state index contributed by atoms with van der Waals surface area (Å²) in [5.74, 6) is -0.0809. The van der Waals surface area contributed by atoms with Crippen LogP contribution in [-0.4, -0.2) is 66.5 Å². The molecule has 0 bridgehead atoms. The monoisotopic (exact) mass is 361 g/mol. The fourth-order valence-electron chi connectivity index (χ4n) is 3.36. The Bertz CT molecular complexity index is 631. The predicted molar refractivity (Wildman–Crippen MR) is 103 cm³/mol. The zero-order valence-electron chi connectivity index (χ0n) is 16.7. The van der Waals surface area contributed by atoms with Crippen molar-refractivity contribution < 1.29 is 14.3 Å².